The molecule has 0 saturated carbocycles. The summed E-state index contributed by atoms with van der Waals surface area (Å²) in [5, 5.41) is 3.38. The van der Waals surface area contributed by atoms with Gasteiger partial charge in [0.1, 0.15) is 0 Å². The predicted octanol–water partition coefficient (Wildman–Crippen LogP) is 7.65. The Morgan fingerprint density at radius 2 is 1.04 bits per heavy atom. The summed E-state index contributed by atoms with van der Waals surface area (Å²) in [4.78, 5) is 2.61. The first-order valence-electron chi connectivity index (χ1n) is 11.9. The molecule has 2 nitrogen and oxygen atoms in total. The molecule has 0 rings (SSSR count). The third-order valence-electron chi connectivity index (χ3n) is 4.46. The average molecular weight is 399 g/mol. The van der Waals surface area contributed by atoms with Crippen LogP contribution in [-0.4, -0.2) is 36.6 Å². The zero-order valence-corrected chi connectivity index (χ0v) is 21.9. The van der Waals surface area contributed by atoms with E-state index in [1.807, 2.05) is 6.08 Å². The van der Waals surface area contributed by atoms with Gasteiger partial charge in [-0.15, -0.1) is 6.58 Å². The van der Waals surface area contributed by atoms with Crippen LogP contribution in [0.3, 0.4) is 0 Å². The number of rotatable bonds is 12. The monoisotopic (exact) mass is 398 g/mol. The van der Waals surface area contributed by atoms with Crippen molar-refractivity contribution >= 4 is 0 Å². The van der Waals surface area contributed by atoms with Crippen molar-refractivity contribution in [3.05, 3.63) is 12.7 Å². The van der Waals surface area contributed by atoms with E-state index in [4.69, 9.17) is 0 Å². The molecule has 172 valence electrons. The van der Waals surface area contributed by atoms with Gasteiger partial charge in [-0.25, -0.2) is 0 Å². The largest absolute Gasteiger partial charge is 0.315 e. The van der Waals surface area contributed by atoms with Crippen molar-refractivity contribution in [1.29, 1.82) is 0 Å². The van der Waals surface area contributed by atoms with Crippen LogP contribution in [0, 0.1) is 23.7 Å². The van der Waals surface area contributed by atoms with Crippen LogP contribution in [0.4, 0.5) is 0 Å². The number of nitrogens with one attached hydrogen (secondary N) is 1. The van der Waals surface area contributed by atoms with Gasteiger partial charge in [0.2, 0.25) is 0 Å². The molecular weight excluding hydrogens is 340 g/mol. The number of nitrogens with zero attached hydrogens (tertiary/aromatic N) is 1. The Labute approximate surface area is 180 Å². The van der Waals surface area contributed by atoms with Crippen molar-refractivity contribution in [2.24, 2.45) is 23.7 Å². The lowest BCUT2D eigenvalue weighted by Crippen LogP contribution is -2.33. The predicted molar refractivity (Wildman–Crippen MR) is 133 cm³/mol. The van der Waals surface area contributed by atoms with Gasteiger partial charge in [0.05, 0.1) is 0 Å². The van der Waals surface area contributed by atoms with Crippen LogP contribution in [0.1, 0.15) is 102 Å². The highest BCUT2D eigenvalue weighted by atomic mass is 15.1. The molecule has 0 aromatic carbocycles. The molecule has 0 spiro atoms. The summed E-state index contributed by atoms with van der Waals surface area (Å²) < 4.78 is 0. The Balaban J connectivity index is -0.000000381. The molecule has 0 unspecified atom stereocenters. The van der Waals surface area contributed by atoms with Crippen LogP contribution in [0.5, 0.6) is 0 Å². The molecule has 0 aromatic heterocycles. The molecule has 0 aliphatic heterocycles. The molecular formula is C26H58N2. The smallest absolute Gasteiger partial charge is 0.00385 e. The molecule has 0 radical (unpaired) electrons. The summed E-state index contributed by atoms with van der Waals surface area (Å²) in [5.74, 6) is 3.14. The molecule has 1 N–H and O–H groups in total. The fraction of sp³-hybridized carbons (Fsp3) is 0.923. The van der Waals surface area contributed by atoms with Crippen LogP contribution < -0.4 is 5.32 Å². The van der Waals surface area contributed by atoms with E-state index < -0.39 is 0 Å². The van der Waals surface area contributed by atoms with E-state index in [2.05, 4.69) is 99.9 Å². The first-order valence-corrected chi connectivity index (χ1v) is 11.9. The van der Waals surface area contributed by atoms with Crippen LogP contribution in [0.25, 0.3) is 0 Å². The quantitative estimate of drug-likeness (QED) is 0.340. The Bertz CT molecular complexity index is 284. The number of hydrogen-bond donors (Lipinski definition) is 1. The van der Waals surface area contributed by atoms with Crippen molar-refractivity contribution < 1.29 is 0 Å². The van der Waals surface area contributed by atoms with Gasteiger partial charge in [0, 0.05) is 12.1 Å². The Morgan fingerprint density at radius 1 is 0.679 bits per heavy atom. The summed E-state index contributed by atoms with van der Waals surface area (Å²) >= 11 is 0. The van der Waals surface area contributed by atoms with Crippen LogP contribution in [-0.2, 0) is 0 Å². The van der Waals surface area contributed by atoms with Crippen molar-refractivity contribution in [3.8, 4) is 0 Å². The summed E-state index contributed by atoms with van der Waals surface area (Å²) in [6, 6.07) is 1.34. The van der Waals surface area contributed by atoms with Gasteiger partial charge in [0.25, 0.3) is 0 Å². The molecule has 0 saturated heterocycles. The fourth-order valence-corrected chi connectivity index (χ4v) is 2.14. The molecule has 0 bridgehead atoms. The van der Waals surface area contributed by atoms with Crippen molar-refractivity contribution in [1.82, 2.24) is 10.2 Å². The van der Waals surface area contributed by atoms with E-state index in [9.17, 15) is 0 Å². The lowest BCUT2D eigenvalue weighted by atomic mass is 10.1. The highest BCUT2D eigenvalue weighted by molar-refractivity contribution is 4.69. The first kappa shape index (κ1) is 32.3. The van der Waals surface area contributed by atoms with E-state index in [-0.39, 0.29) is 0 Å². The Morgan fingerprint density at radius 3 is 1.25 bits per heavy atom. The van der Waals surface area contributed by atoms with Crippen molar-refractivity contribution in [2.75, 3.05) is 19.6 Å². The maximum absolute atomic E-state index is 3.56. The zero-order valence-electron chi connectivity index (χ0n) is 21.9. The second kappa shape index (κ2) is 21.4. The fourth-order valence-electron chi connectivity index (χ4n) is 2.14. The van der Waals surface area contributed by atoms with Crippen LogP contribution in [0.15, 0.2) is 12.7 Å². The standard InChI is InChI=1S/C13H29N.C8H19N.C5H10/c1-11(2)7-9-14(13(5)6)10-8-12(3)4;1-7(2)5-6-9-8(3)4;1-4-5(2)3/h11-13H,7-10H2,1-6H3;7-9H,5-6H2,1-4H3;4-5H,1H2,2-3H3. The molecule has 0 atom stereocenters. The second-order valence-corrected chi connectivity index (χ2v) is 10.3. The van der Waals surface area contributed by atoms with Gasteiger partial charge in [-0.05, 0) is 76.4 Å². The van der Waals surface area contributed by atoms with Gasteiger partial charge < -0.3 is 10.2 Å². The van der Waals surface area contributed by atoms with Crippen LogP contribution >= 0.6 is 0 Å². The van der Waals surface area contributed by atoms with E-state index >= 15 is 0 Å². The van der Waals surface area contributed by atoms with Gasteiger partial charge in [0.15, 0.2) is 0 Å². The highest BCUT2D eigenvalue weighted by Gasteiger charge is 2.10. The third-order valence-corrected chi connectivity index (χ3v) is 4.46. The summed E-state index contributed by atoms with van der Waals surface area (Å²) in [6.45, 7) is 34.2. The molecule has 0 heterocycles. The second-order valence-electron chi connectivity index (χ2n) is 10.3. The molecule has 0 aliphatic carbocycles. The minimum atomic E-state index is 0.642. The van der Waals surface area contributed by atoms with E-state index in [0.717, 1.165) is 24.3 Å². The molecule has 2 heteroatoms. The Hall–Kier alpha value is -0.340. The minimum absolute atomic E-state index is 0.642. The maximum atomic E-state index is 3.56. The highest BCUT2D eigenvalue weighted by Crippen LogP contribution is 2.09. The van der Waals surface area contributed by atoms with Gasteiger partial charge in [-0.2, -0.15) is 0 Å². The van der Waals surface area contributed by atoms with E-state index in [1.165, 1.54) is 32.4 Å². The Kier molecular flexibility index (Phi) is 24.7. The summed E-state index contributed by atoms with van der Waals surface area (Å²) in [6.07, 6.45) is 5.87. The van der Waals surface area contributed by atoms with E-state index in [1.54, 1.807) is 0 Å². The lowest BCUT2D eigenvalue weighted by molar-refractivity contribution is 0.199. The summed E-state index contributed by atoms with van der Waals surface area (Å²) in [5.41, 5.74) is 0. The normalized spacial score (nSPS) is 11.4. The first-order chi connectivity index (χ1) is 12.8. The van der Waals surface area contributed by atoms with Crippen LogP contribution in [0.2, 0.25) is 0 Å². The molecule has 0 aliphatic rings. The SMILES string of the molecule is C=CC(C)C.CC(C)CCN(CCC(C)C)C(C)C.CC(C)CCNC(C)C. The van der Waals surface area contributed by atoms with Gasteiger partial charge >= 0.3 is 0 Å². The topological polar surface area (TPSA) is 15.3 Å². The zero-order chi connectivity index (χ0) is 22.7. The molecule has 0 fully saturated rings. The third kappa shape index (κ3) is 33.3. The molecule has 0 amide bonds. The number of hydrogen-bond acceptors (Lipinski definition) is 2. The van der Waals surface area contributed by atoms with E-state index in [0.29, 0.717) is 18.0 Å². The maximum Gasteiger partial charge on any atom is 0.00385 e. The lowest BCUT2D eigenvalue weighted by Gasteiger charge is -2.27. The minimum Gasteiger partial charge on any atom is -0.315 e. The average Bonchev–Trinajstić information content (AvgIpc) is 2.54. The van der Waals surface area contributed by atoms with Gasteiger partial charge in [-0.3, -0.25) is 0 Å². The molecule has 28 heavy (non-hydrogen) atoms. The summed E-state index contributed by atoms with van der Waals surface area (Å²) in [7, 11) is 0. The van der Waals surface area contributed by atoms with Crippen molar-refractivity contribution in [3.63, 3.8) is 0 Å². The van der Waals surface area contributed by atoms with Gasteiger partial charge in [-0.1, -0.05) is 75.3 Å². The van der Waals surface area contributed by atoms with Crippen molar-refractivity contribution in [2.45, 2.75) is 114 Å². The number of allylic oxidation sites excluding steroid dienone is 1. The molecule has 0 aromatic rings.